The largest absolute Gasteiger partial charge is 0.463 e. The molecule has 0 aliphatic heterocycles. The fourth-order valence-corrected chi connectivity index (χ4v) is 4.13. The van der Waals surface area contributed by atoms with Crippen LogP contribution in [0.25, 0.3) is 0 Å². The van der Waals surface area contributed by atoms with Crippen molar-refractivity contribution in [3.8, 4) is 0 Å². The predicted octanol–water partition coefficient (Wildman–Crippen LogP) is 4.65. The fourth-order valence-electron chi connectivity index (χ4n) is 4.13. The maximum atomic E-state index is 11.2. The summed E-state index contributed by atoms with van der Waals surface area (Å²) in [5.41, 5.74) is 0. The highest BCUT2D eigenvalue weighted by Crippen LogP contribution is 2.08. The van der Waals surface area contributed by atoms with E-state index >= 15 is 0 Å². The third-order valence-corrected chi connectivity index (χ3v) is 6.81. The van der Waals surface area contributed by atoms with Gasteiger partial charge in [0, 0.05) is 13.0 Å². The summed E-state index contributed by atoms with van der Waals surface area (Å²) < 4.78 is 65.3. The fraction of sp³-hybridized carbons (Fsp3) is 0.972. The van der Waals surface area contributed by atoms with E-state index in [1.807, 2.05) is 6.92 Å². The molecule has 0 saturated heterocycles. The molecule has 0 aliphatic rings. The summed E-state index contributed by atoms with van der Waals surface area (Å²) in [6.07, 6.45) is 11.7. The first-order valence-electron chi connectivity index (χ1n) is 18.8. The molecular formula is C36H72O13. The lowest BCUT2D eigenvalue weighted by molar-refractivity contribution is -0.145. The maximum absolute atomic E-state index is 11.2. The number of esters is 1. The number of ether oxygens (including phenoxy) is 12. The van der Waals surface area contributed by atoms with Gasteiger partial charge in [-0.2, -0.15) is 0 Å². The SMILES string of the molecule is CCCCCCCCCCOCCOCCOCCOCCOCCOCCOCCOCCOCCOCCOCCOC(=O)CCC. The molecule has 0 aromatic heterocycles. The summed E-state index contributed by atoms with van der Waals surface area (Å²) in [5, 5.41) is 0. The predicted molar refractivity (Wildman–Crippen MR) is 187 cm³/mol. The molecule has 294 valence electrons. The van der Waals surface area contributed by atoms with E-state index in [9.17, 15) is 4.79 Å². The third kappa shape index (κ3) is 45.0. The van der Waals surface area contributed by atoms with E-state index in [0.717, 1.165) is 19.4 Å². The Morgan fingerprint density at radius 1 is 0.286 bits per heavy atom. The van der Waals surface area contributed by atoms with E-state index in [1.165, 1.54) is 44.9 Å². The molecule has 0 atom stereocenters. The lowest BCUT2D eigenvalue weighted by Gasteiger charge is -2.09. The zero-order valence-corrected chi connectivity index (χ0v) is 31.1. The minimum atomic E-state index is -0.186. The van der Waals surface area contributed by atoms with Crippen LogP contribution in [0.3, 0.4) is 0 Å². The molecule has 0 bridgehead atoms. The van der Waals surface area contributed by atoms with Gasteiger partial charge in [0.25, 0.3) is 0 Å². The maximum Gasteiger partial charge on any atom is 0.305 e. The normalized spacial score (nSPS) is 11.5. The van der Waals surface area contributed by atoms with E-state index in [0.29, 0.717) is 145 Å². The van der Waals surface area contributed by atoms with E-state index in [2.05, 4.69) is 6.92 Å². The number of rotatable bonds is 44. The van der Waals surface area contributed by atoms with Crippen LogP contribution in [-0.4, -0.2) is 158 Å². The molecule has 0 rings (SSSR count). The average molecular weight is 713 g/mol. The van der Waals surface area contributed by atoms with Gasteiger partial charge < -0.3 is 56.8 Å². The van der Waals surface area contributed by atoms with Crippen LogP contribution >= 0.6 is 0 Å². The van der Waals surface area contributed by atoms with Crippen LogP contribution in [0.1, 0.15) is 78.1 Å². The second kappa shape index (κ2) is 45.1. The first-order chi connectivity index (χ1) is 24.3. The molecule has 0 radical (unpaired) electrons. The van der Waals surface area contributed by atoms with Gasteiger partial charge in [-0.15, -0.1) is 0 Å². The molecule has 0 heterocycles. The van der Waals surface area contributed by atoms with Crippen LogP contribution in [0.4, 0.5) is 0 Å². The van der Waals surface area contributed by atoms with Crippen molar-refractivity contribution in [1.29, 1.82) is 0 Å². The highest BCUT2D eigenvalue weighted by Gasteiger charge is 2.00. The van der Waals surface area contributed by atoms with Gasteiger partial charge >= 0.3 is 5.97 Å². The minimum absolute atomic E-state index is 0.186. The van der Waals surface area contributed by atoms with Crippen LogP contribution in [0.2, 0.25) is 0 Å². The van der Waals surface area contributed by atoms with Crippen molar-refractivity contribution in [1.82, 2.24) is 0 Å². The molecule has 0 aromatic rings. The molecule has 13 nitrogen and oxygen atoms in total. The molecule has 0 unspecified atom stereocenters. The topological polar surface area (TPSA) is 128 Å². The van der Waals surface area contributed by atoms with E-state index in [4.69, 9.17) is 56.8 Å². The quantitative estimate of drug-likeness (QED) is 0.0643. The number of carbonyl (C=O) groups is 1. The Morgan fingerprint density at radius 2 is 0.531 bits per heavy atom. The van der Waals surface area contributed by atoms with Crippen LogP contribution in [0.5, 0.6) is 0 Å². The van der Waals surface area contributed by atoms with Crippen molar-refractivity contribution >= 4 is 5.97 Å². The summed E-state index contributed by atoms with van der Waals surface area (Å²) in [6, 6.07) is 0. The molecule has 0 aromatic carbocycles. The molecule has 0 saturated carbocycles. The van der Waals surface area contributed by atoms with Gasteiger partial charge in [0.1, 0.15) is 6.61 Å². The van der Waals surface area contributed by atoms with Gasteiger partial charge in [-0.25, -0.2) is 0 Å². The lowest BCUT2D eigenvalue weighted by Crippen LogP contribution is -2.15. The zero-order chi connectivity index (χ0) is 35.4. The van der Waals surface area contributed by atoms with Crippen LogP contribution in [0.15, 0.2) is 0 Å². The molecule has 0 N–H and O–H groups in total. The number of unbranched alkanes of at least 4 members (excludes halogenated alkanes) is 7. The average Bonchev–Trinajstić information content (AvgIpc) is 3.10. The Balaban J connectivity index is 3.06. The van der Waals surface area contributed by atoms with Crippen LogP contribution in [-0.2, 0) is 61.6 Å². The Labute approximate surface area is 297 Å². The molecule has 0 spiro atoms. The van der Waals surface area contributed by atoms with Crippen molar-refractivity contribution in [2.24, 2.45) is 0 Å². The molecule has 13 heteroatoms. The van der Waals surface area contributed by atoms with Crippen molar-refractivity contribution in [3.05, 3.63) is 0 Å². The van der Waals surface area contributed by atoms with Crippen LogP contribution in [0, 0.1) is 0 Å². The zero-order valence-electron chi connectivity index (χ0n) is 31.1. The van der Waals surface area contributed by atoms with Crippen molar-refractivity contribution < 1.29 is 61.6 Å². The van der Waals surface area contributed by atoms with Gasteiger partial charge in [0.05, 0.1) is 139 Å². The Kier molecular flexibility index (Phi) is 44.2. The monoisotopic (exact) mass is 712 g/mol. The summed E-state index contributed by atoms with van der Waals surface area (Å²) in [6.45, 7) is 16.1. The first kappa shape index (κ1) is 48.0. The Morgan fingerprint density at radius 3 is 0.816 bits per heavy atom. The molecule has 0 aliphatic carbocycles. The van der Waals surface area contributed by atoms with Crippen molar-refractivity contribution in [2.45, 2.75) is 78.1 Å². The van der Waals surface area contributed by atoms with Crippen molar-refractivity contribution in [3.63, 3.8) is 0 Å². The summed E-state index contributed by atoms with van der Waals surface area (Å²) in [5.74, 6) is -0.186. The number of hydrogen-bond donors (Lipinski definition) is 0. The second-order valence-corrected chi connectivity index (χ2v) is 11.2. The van der Waals surface area contributed by atoms with E-state index < -0.39 is 0 Å². The molecular weight excluding hydrogens is 640 g/mol. The van der Waals surface area contributed by atoms with Gasteiger partial charge in [0.15, 0.2) is 0 Å². The highest BCUT2D eigenvalue weighted by atomic mass is 16.6. The van der Waals surface area contributed by atoms with Gasteiger partial charge in [-0.3, -0.25) is 4.79 Å². The van der Waals surface area contributed by atoms with E-state index in [1.54, 1.807) is 0 Å². The lowest BCUT2D eigenvalue weighted by atomic mass is 10.1. The standard InChI is InChI=1S/C36H72O13/c1-3-5-6-7-8-9-10-11-13-38-14-15-39-16-17-40-18-19-41-20-21-42-22-23-43-24-25-44-26-27-45-28-29-46-30-31-47-32-33-48-34-35-49-36(37)12-4-2/h3-35H2,1-2H3. The van der Waals surface area contributed by atoms with Gasteiger partial charge in [-0.1, -0.05) is 58.8 Å². The molecule has 0 fully saturated rings. The number of carbonyl (C=O) groups excluding carboxylic acids is 1. The first-order valence-corrected chi connectivity index (χ1v) is 18.8. The smallest absolute Gasteiger partial charge is 0.305 e. The van der Waals surface area contributed by atoms with Gasteiger partial charge in [-0.05, 0) is 12.8 Å². The minimum Gasteiger partial charge on any atom is -0.463 e. The molecule has 49 heavy (non-hydrogen) atoms. The Bertz CT molecular complexity index is 615. The van der Waals surface area contributed by atoms with Crippen LogP contribution < -0.4 is 0 Å². The van der Waals surface area contributed by atoms with Gasteiger partial charge in [0.2, 0.25) is 0 Å². The molecule has 0 amide bonds. The number of hydrogen-bond acceptors (Lipinski definition) is 13. The summed E-state index contributed by atoms with van der Waals surface area (Å²) >= 11 is 0. The highest BCUT2D eigenvalue weighted by molar-refractivity contribution is 5.69. The Hall–Kier alpha value is -0.970. The van der Waals surface area contributed by atoms with Crippen molar-refractivity contribution in [2.75, 3.05) is 152 Å². The van der Waals surface area contributed by atoms with E-state index in [-0.39, 0.29) is 12.6 Å². The third-order valence-electron chi connectivity index (χ3n) is 6.81. The summed E-state index contributed by atoms with van der Waals surface area (Å²) in [7, 11) is 0. The summed E-state index contributed by atoms with van der Waals surface area (Å²) in [4.78, 5) is 11.2. The second-order valence-electron chi connectivity index (χ2n) is 11.2.